The summed E-state index contributed by atoms with van der Waals surface area (Å²) < 4.78 is 11.0. The number of halogens is 1. The van der Waals surface area contributed by atoms with Gasteiger partial charge in [-0.1, -0.05) is 24.3 Å². The molecule has 0 aliphatic carbocycles. The Morgan fingerprint density at radius 2 is 1.59 bits per heavy atom. The van der Waals surface area contributed by atoms with Crippen LogP contribution in [0.5, 0.6) is 0 Å². The maximum absolute atomic E-state index is 5.52. The molecule has 0 unspecified atom stereocenters. The Balaban J connectivity index is 0.00000256. The Morgan fingerprint density at radius 1 is 1.06 bits per heavy atom. The summed E-state index contributed by atoms with van der Waals surface area (Å²) in [6.45, 7) is 5.91. The summed E-state index contributed by atoms with van der Waals surface area (Å²) in [6, 6.07) is 8.24. The standard InChI is InChI=1S/C13H21NO2.ClH/c1-3-15-13(16-4-2)12-7-5-11(6-8-12)9-10-14;/h5-8,13H,3-4,9-10,14H2,1-2H3;1H. The van der Waals surface area contributed by atoms with E-state index in [0.717, 1.165) is 12.0 Å². The van der Waals surface area contributed by atoms with Crippen LogP contribution in [-0.4, -0.2) is 19.8 Å². The van der Waals surface area contributed by atoms with Crippen molar-refractivity contribution >= 4 is 12.4 Å². The molecule has 0 fully saturated rings. The van der Waals surface area contributed by atoms with Crippen LogP contribution in [-0.2, 0) is 15.9 Å². The fourth-order valence-corrected chi connectivity index (χ4v) is 1.55. The fourth-order valence-electron chi connectivity index (χ4n) is 1.55. The second-order valence-corrected chi connectivity index (χ2v) is 3.52. The Bertz CT molecular complexity index is 284. The van der Waals surface area contributed by atoms with Crippen LogP contribution in [0.1, 0.15) is 31.3 Å². The quantitative estimate of drug-likeness (QED) is 0.766. The first-order valence-corrected chi connectivity index (χ1v) is 5.83. The first kappa shape index (κ1) is 16.4. The monoisotopic (exact) mass is 259 g/mol. The van der Waals surface area contributed by atoms with Crippen LogP contribution in [0.4, 0.5) is 0 Å². The lowest BCUT2D eigenvalue weighted by atomic mass is 10.1. The molecule has 0 aromatic heterocycles. The molecule has 0 radical (unpaired) electrons. The summed E-state index contributed by atoms with van der Waals surface area (Å²) in [6.07, 6.45) is 0.663. The van der Waals surface area contributed by atoms with Crippen LogP contribution in [0.15, 0.2) is 24.3 Å². The Labute approximate surface area is 110 Å². The van der Waals surface area contributed by atoms with Crippen LogP contribution < -0.4 is 5.73 Å². The predicted molar refractivity (Wildman–Crippen MR) is 72.4 cm³/mol. The van der Waals surface area contributed by atoms with Crippen molar-refractivity contribution in [1.82, 2.24) is 0 Å². The normalized spacial score (nSPS) is 10.4. The van der Waals surface area contributed by atoms with Crippen molar-refractivity contribution in [2.45, 2.75) is 26.6 Å². The number of benzene rings is 1. The highest BCUT2D eigenvalue weighted by Crippen LogP contribution is 2.19. The Morgan fingerprint density at radius 3 is 2.00 bits per heavy atom. The molecule has 0 spiro atoms. The van der Waals surface area contributed by atoms with Crippen LogP contribution in [0.25, 0.3) is 0 Å². The van der Waals surface area contributed by atoms with Crippen LogP contribution in [0, 0.1) is 0 Å². The smallest absolute Gasteiger partial charge is 0.183 e. The molecule has 0 aliphatic rings. The van der Waals surface area contributed by atoms with Crippen LogP contribution in [0.2, 0.25) is 0 Å². The number of rotatable bonds is 7. The molecule has 0 saturated carbocycles. The molecule has 3 nitrogen and oxygen atoms in total. The van der Waals surface area contributed by atoms with Gasteiger partial charge in [0.05, 0.1) is 0 Å². The van der Waals surface area contributed by atoms with Crippen molar-refractivity contribution in [3.63, 3.8) is 0 Å². The van der Waals surface area contributed by atoms with Gasteiger partial charge >= 0.3 is 0 Å². The largest absolute Gasteiger partial charge is 0.349 e. The summed E-state index contributed by atoms with van der Waals surface area (Å²) >= 11 is 0. The van der Waals surface area contributed by atoms with E-state index in [1.807, 2.05) is 26.0 Å². The van der Waals surface area contributed by atoms with E-state index >= 15 is 0 Å². The van der Waals surface area contributed by atoms with Gasteiger partial charge in [-0.2, -0.15) is 0 Å². The van der Waals surface area contributed by atoms with E-state index in [9.17, 15) is 0 Å². The highest BCUT2D eigenvalue weighted by molar-refractivity contribution is 5.85. The zero-order valence-corrected chi connectivity index (χ0v) is 11.3. The SMILES string of the molecule is CCOC(OCC)c1ccc(CCN)cc1.Cl. The number of nitrogens with two attached hydrogens (primary N) is 1. The first-order valence-electron chi connectivity index (χ1n) is 5.83. The molecule has 98 valence electrons. The van der Waals surface area contributed by atoms with E-state index in [0.29, 0.717) is 19.8 Å². The third-order valence-electron chi connectivity index (χ3n) is 2.32. The first-order chi connectivity index (χ1) is 7.81. The second kappa shape index (κ2) is 9.42. The molecular weight excluding hydrogens is 238 g/mol. The van der Waals surface area contributed by atoms with E-state index in [-0.39, 0.29) is 18.7 Å². The average molecular weight is 260 g/mol. The molecule has 0 saturated heterocycles. The molecule has 0 bridgehead atoms. The van der Waals surface area contributed by atoms with Gasteiger partial charge in [0.1, 0.15) is 0 Å². The Hall–Kier alpha value is -0.610. The van der Waals surface area contributed by atoms with Crippen LogP contribution in [0.3, 0.4) is 0 Å². The molecular formula is C13H22ClNO2. The van der Waals surface area contributed by atoms with Gasteiger partial charge in [-0.25, -0.2) is 0 Å². The van der Waals surface area contributed by atoms with Crippen LogP contribution >= 0.6 is 12.4 Å². The van der Waals surface area contributed by atoms with Crippen molar-refractivity contribution in [2.75, 3.05) is 19.8 Å². The van der Waals surface area contributed by atoms with Crippen molar-refractivity contribution in [1.29, 1.82) is 0 Å². The van der Waals surface area contributed by atoms with E-state index in [1.165, 1.54) is 5.56 Å². The van der Waals surface area contributed by atoms with Gasteiger partial charge in [0.25, 0.3) is 0 Å². The summed E-state index contributed by atoms with van der Waals surface area (Å²) in [5.41, 5.74) is 7.81. The summed E-state index contributed by atoms with van der Waals surface area (Å²) in [7, 11) is 0. The van der Waals surface area contributed by atoms with Gasteiger partial charge in [-0.3, -0.25) is 0 Å². The van der Waals surface area contributed by atoms with Gasteiger partial charge in [0, 0.05) is 18.8 Å². The van der Waals surface area contributed by atoms with E-state index in [4.69, 9.17) is 15.2 Å². The maximum atomic E-state index is 5.52. The van der Waals surface area contributed by atoms with Crippen molar-refractivity contribution in [3.05, 3.63) is 35.4 Å². The molecule has 1 rings (SSSR count). The lowest BCUT2D eigenvalue weighted by Crippen LogP contribution is -2.09. The molecule has 0 amide bonds. The van der Waals surface area contributed by atoms with Crippen molar-refractivity contribution < 1.29 is 9.47 Å². The lowest BCUT2D eigenvalue weighted by Gasteiger charge is -2.17. The molecule has 1 aromatic rings. The van der Waals surface area contributed by atoms with Gasteiger partial charge in [-0.05, 0) is 32.4 Å². The van der Waals surface area contributed by atoms with Gasteiger partial charge in [-0.15, -0.1) is 12.4 Å². The topological polar surface area (TPSA) is 44.5 Å². The number of hydrogen-bond donors (Lipinski definition) is 1. The zero-order valence-electron chi connectivity index (χ0n) is 10.5. The molecule has 2 N–H and O–H groups in total. The molecule has 4 heteroatoms. The summed E-state index contributed by atoms with van der Waals surface area (Å²) in [4.78, 5) is 0. The van der Waals surface area contributed by atoms with Gasteiger partial charge in [0.2, 0.25) is 0 Å². The van der Waals surface area contributed by atoms with Gasteiger partial charge in [0.15, 0.2) is 6.29 Å². The predicted octanol–water partition coefficient (Wildman–Crippen LogP) is 2.68. The second-order valence-electron chi connectivity index (χ2n) is 3.52. The molecule has 0 heterocycles. The fraction of sp³-hybridized carbons (Fsp3) is 0.538. The number of hydrogen-bond acceptors (Lipinski definition) is 3. The summed E-state index contributed by atoms with van der Waals surface area (Å²) in [5, 5.41) is 0. The molecule has 17 heavy (non-hydrogen) atoms. The van der Waals surface area contributed by atoms with E-state index in [2.05, 4.69) is 12.1 Å². The molecule has 1 aromatic carbocycles. The summed E-state index contributed by atoms with van der Waals surface area (Å²) in [5.74, 6) is 0. The Kier molecular flexibility index (Phi) is 9.09. The van der Waals surface area contributed by atoms with Gasteiger partial charge < -0.3 is 15.2 Å². The van der Waals surface area contributed by atoms with E-state index < -0.39 is 0 Å². The third kappa shape index (κ3) is 5.50. The minimum atomic E-state index is -0.248. The van der Waals surface area contributed by atoms with Crippen molar-refractivity contribution in [2.24, 2.45) is 5.73 Å². The minimum absolute atomic E-state index is 0. The zero-order chi connectivity index (χ0) is 11.8. The lowest BCUT2D eigenvalue weighted by molar-refractivity contribution is -0.140. The highest BCUT2D eigenvalue weighted by Gasteiger charge is 2.10. The highest BCUT2D eigenvalue weighted by atomic mass is 35.5. The van der Waals surface area contributed by atoms with Crippen molar-refractivity contribution in [3.8, 4) is 0 Å². The number of ether oxygens (including phenoxy) is 2. The van der Waals surface area contributed by atoms with E-state index in [1.54, 1.807) is 0 Å². The third-order valence-corrected chi connectivity index (χ3v) is 2.32. The average Bonchev–Trinajstić information content (AvgIpc) is 2.30. The minimum Gasteiger partial charge on any atom is -0.349 e. The molecule has 0 atom stereocenters. The molecule has 0 aliphatic heterocycles. The maximum Gasteiger partial charge on any atom is 0.183 e.